The number of rotatable bonds is 6. The first-order valence-corrected chi connectivity index (χ1v) is 9.23. The molecular weight excluding hydrogens is 275 g/mol. The molecular formula is C11H21O5PS. The molecule has 1 rings (SSSR count). The van der Waals surface area contributed by atoms with Crippen LogP contribution < -0.4 is 0 Å². The Morgan fingerprint density at radius 1 is 1.50 bits per heavy atom. The first-order valence-electron chi connectivity index (χ1n) is 6.03. The monoisotopic (exact) mass is 296 g/mol. The fourth-order valence-corrected chi connectivity index (χ4v) is 4.40. The van der Waals surface area contributed by atoms with Crippen molar-refractivity contribution in [1.29, 1.82) is 0 Å². The maximum absolute atomic E-state index is 11.9. The molecule has 1 heterocycles. The summed E-state index contributed by atoms with van der Waals surface area (Å²) in [6, 6.07) is 0. The van der Waals surface area contributed by atoms with Gasteiger partial charge in [-0.1, -0.05) is 0 Å². The summed E-state index contributed by atoms with van der Waals surface area (Å²) < 4.78 is 27.8. The molecule has 1 aliphatic rings. The number of carbonyl (C=O) groups is 1. The van der Waals surface area contributed by atoms with Crippen LogP contribution in [0.1, 0.15) is 27.2 Å². The van der Waals surface area contributed by atoms with Gasteiger partial charge in [-0.15, -0.1) is 11.8 Å². The lowest BCUT2D eigenvalue weighted by molar-refractivity contribution is -0.174. The largest absolute Gasteiger partial charge is 0.435 e. The summed E-state index contributed by atoms with van der Waals surface area (Å²) in [5.74, 6) is -0.344. The van der Waals surface area contributed by atoms with E-state index >= 15 is 0 Å². The Bertz CT molecular complexity index is 335. The Balaban J connectivity index is 2.37. The average Bonchev–Trinajstić information content (AvgIpc) is 2.56. The second kappa shape index (κ2) is 6.94. The summed E-state index contributed by atoms with van der Waals surface area (Å²) in [4.78, 5) is 10.9. The third-order valence-corrected chi connectivity index (χ3v) is 5.67. The lowest BCUT2D eigenvalue weighted by Crippen LogP contribution is -2.24. The topological polar surface area (TPSA) is 61.8 Å². The minimum Gasteiger partial charge on any atom is -0.435 e. The van der Waals surface area contributed by atoms with Crippen LogP contribution >= 0.6 is 19.1 Å². The molecule has 18 heavy (non-hydrogen) atoms. The van der Waals surface area contributed by atoms with Gasteiger partial charge in [-0.05, 0) is 20.3 Å². The maximum atomic E-state index is 11.9. The van der Waals surface area contributed by atoms with Crippen LogP contribution in [0.4, 0.5) is 0 Å². The van der Waals surface area contributed by atoms with Gasteiger partial charge in [0.1, 0.15) is 5.44 Å². The van der Waals surface area contributed by atoms with Gasteiger partial charge in [-0.2, -0.15) is 0 Å². The van der Waals surface area contributed by atoms with E-state index in [1.807, 2.05) is 13.8 Å². The van der Waals surface area contributed by atoms with Gasteiger partial charge in [0.05, 0.1) is 11.9 Å². The molecule has 0 amide bonds. The van der Waals surface area contributed by atoms with Gasteiger partial charge >= 0.3 is 5.97 Å². The molecule has 1 aliphatic heterocycles. The quantitative estimate of drug-likeness (QED) is 0.555. The zero-order chi connectivity index (χ0) is 13.8. The Labute approximate surface area is 112 Å². The molecule has 1 saturated heterocycles. The standard InChI is InChI=1S/C11H21O5PS/c1-5-14-17(4,13)7-6-10-16-11(8(2)18-10)15-9(3)12/h8,10-11H,5-7H2,1-4H3/t8-,10+,11?,17?/m1/s1. The molecule has 0 aromatic carbocycles. The van der Waals surface area contributed by atoms with Crippen LogP contribution in [0.15, 0.2) is 0 Å². The van der Waals surface area contributed by atoms with Gasteiger partial charge in [-0.25, -0.2) is 0 Å². The number of thioether (sulfide) groups is 1. The zero-order valence-corrected chi connectivity index (χ0v) is 13.0. The van der Waals surface area contributed by atoms with E-state index in [0.717, 1.165) is 0 Å². The van der Waals surface area contributed by atoms with Crippen LogP contribution in [-0.2, 0) is 23.4 Å². The van der Waals surface area contributed by atoms with Crippen molar-refractivity contribution < 1.29 is 23.4 Å². The van der Waals surface area contributed by atoms with Crippen molar-refractivity contribution in [2.24, 2.45) is 0 Å². The molecule has 0 aromatic rings. The number of hydrogen-bond acceptors (Lipinski definition) is 6. The Morgan fingerprint density at radius 3 is 2.72 bits per heavy atom. The lowest BCUT2D eigenvalue weighted by atomic mass is 10.4. The highest BCUT2D eigenvalue weighted by atomic mass is 32.2. The van der Waals surface area contributed by atoms with E-state index in [0.29, 0.717) is 19.2 Å². The van der Waals surface area contributed by atoms with Crippen LogP contribution in [-0.4, -0.2) is 42.4 Å². The summed E-state index contributed by atoms with van der Waals surface area (Å²) >= 11 is 1.60. The minimum atomic E-state index is -2.51. The molecule has 0 N–H and O–H groups in total. The molecule has 1 fully saturated rings. The van der Waals surface area contributed by atoms with E-state index in [4.69, 9.17) is 14.0 Å². The van der Waals surface area contributed by atoms with Gasteiger partial charge in [0.2, 0.25) is 6.29 Å². The first kappa shape index (κ1) is 16.0. The van der Waals surface area contributed by atoms with Gasteiger partial charge in [0.25, 0.3) is 0 Å². The fourth-order valence-electron chi connectivity index (χ4n) is 1.70. The van der Waals surface area contributed by atoms with Gasteiger partial charge < -0.3 is 14.0 Å². The van der Waals surface area contributed by atoms with Crippen molar-refractivity contribution in [3.05, 3.63) is 0 Å². The van der Waals surface area contributed by atoms with Crippen molar-refractivity contribution in [1.82, 2.24) is 0 Å². The summed E-state index contributed by atoms with van der Waals surface area (Å²) in [5.41, 5.74) is -0.0851. The molecule has 4 atom stereocenters. The Morgan fingerprint density at radius 2 is 2.17 bits per heavy atom. The molecule has 106 valence electrons. The van der Waals surface area contributed by atoms with E-state index < -0.39 is 13.7 Å². The van der Waals surface area contributed by atoms with Crippen LogP contribution in [0.5, 0.6) is 0 Å². The lowest BCUT2D eigenvalue weighted by Gasteiger charge is -2.16. The normalized spacial score (nSPS) is 31.0. The van der Waals surface area contributed by atoms with Crippen molar-refractivity contribution in [2.75, 3.05) is 19.4 Å². The Kier molecular flexibility index (Phi) is 6.18. The van der Waals surface area contributed by atoms with Gasteiger partial charge in [0.15, 0.2) is 7.37 Å². The van der Waals surface area contributed by atoms with Crippen molar-refractivity contribution in [3.63, 3.8) is 0 Å². The van der Waals surface area contributed by atoms with E-state index in [1.165, 1.54) is 6.92 Å². The SMILES string of the molecule is CCOP(C)(=O)CC[C@H]1OC(OC(C)=O)[C@@H](C)S1. The number of carbonyl (C=O) groups excluding carboxylic acids is 1. The second-order valence-corrected chi connectivity index (χ2v) is 8.60. The number of hydrogen-bond donors (Lipinski definition) is 0. The summed E-state index contributed by atoms with van der Waals surface area (Å²) in [7, 11) is -2.51. The van der Waals surface area contributed by atoms with Gasteiger partial charge in [0, 0.05) is 19.8 Å². The predicted octanol–water partition coefficient (Wildman–Crippen LogP) is 2.69. The number of ether oxygens (including phenoxy) is 2. The van der Waals surface area contributed by atoms with Gasteiger partial charge in [-0.3, -0.25) is 9.36 Å². The van der Waals surface area contributed by atoms with Crippen LogP contribution in [0.2, 0.25) is 0 Å². The molecule has 0 aliphatic carbocycles. The minimum absolute atomic E-state index is 0.0851. The highest BCUT2D eigenvalue weighted by Crippen LogP contribution is 2.45. The average molecular weight is 296 g/mol. The van der Waals surface area contributed by atoms with E-state index in [1.54, 1.807) is 18.4 Å². The number of esters is 1. The third kappa shape index (κ3) is 5.31. The molecule has 0 radical (unpaired) electrons. The van der Waals surface area contributed by atoms with Crippen molar-refractivity contribution in [2.45, 2.75) is 44.2 Å². The van der Waals surface area contributed by atoms with Crippen molar-refractivity contribution >= 4 is 25.1 Å². The molecule has 2 unspecified atom stereocenters. The molecule has 0 bridgehead atoms. The fraction of sp³-hybridized carbons (Fsp3) is 0.909. The molecule has 0 aromatic heterocycles. The van der Waals surface area contributed by atoms with E-state index in [2.05, 4.69) is 0 Å². The third-order valence-electron chi connectivity index (χ3n) is 2.49. The van der Waals surface area contributed by atoms with Crippen LogP contribution in [0, 0.1) is 0 Å². The summed E-state index contributed by atoms with van der Waals surface area (Å²) in [6.07, 6.45) is 0.624. The van der Waals surface area contributed by atoms with E-state index in [9.17, 15) is 9.36 Å². The highest BCUT2D eigenvalue weighted by molar-refractivity contribution is 8.00. The Hall–Kier alpha value is -0.0300. The van der Waals surface area contributed by atoms with E-state index in [-0.39, 0.29) is 16.7 Å². The summed E-state index contributed by atoms with van der Waals surface area (Å²) in [5, 5.41) is 0.0993. The van der Waals surface area contributed by atoms with Crippen LogP contribution in [0.25, 0.3) is 0 Å². The smallest absolute Gasteiger partial charge is 0.304 e. The highest BCUT2D eigenvalue weighted by Gasteiger charge is 2.35. The predicted molar refractivity (Wildman–Crippen MR) is 72.1 cm³/mol. The second-order valence-electron chi connectivity index (χ2n) is 4.33. The molecule has 0 saturated carbocycles. The molecule has 7 heteroatoms. The first-order chi connectivity index (χ1) is 8.34. The summed E-state index contributed by atoms with van der Waals surface area (Å²) in [6.45, 7) is 7.24. The molecule has 0 spiro atoms. The van der Waals surface area contributed by atoms with Crippen molar-refractivity contribution in [3.8, 4) is 0 Å². The molecule has 5 nitrogen and oxygen atoms in total. The zero-order valence-electron chi connectivity index (χ0n) is 11.3. The van der Waals surface area contributed by atoms with Crippen LogP contribution in [0.3, 0.4) is 0 Å². The maximum Gasteiger partial charge on any atom is 0.304 e.